The van der Waals surface area contributed by atoms with Crippen LogP contribution in [0.2, 0.25) is 5.02 Å². The van der Waals surface area contributed by atoms with Gasteiger partial charge in [0.1, 0.15) is 5.02 Å². The van der Waals surface area contributed by atoms with Crippen LogP contribution in [-0.2, 0) is 4.79 Å². The Kier molecular flexibility index (Phi) is 5.01. The molecule has 0 amide bonds. The molecule has 0 aliphatic rings. The molecule has 0 unspecified atom stereocenters. The number of benzene rings is 1. The van der Waals surface area contributed by atoms with Crippen LogP contribution in [0.15, 0.2) is 18.2 Å². The number of halogens is 1. The highest BCUT2D eigenvalue weighted by Gasteiger charge is 2.11. The highest BCUT2D eigenvalue weighted by atomic mass is 35.5. The monoisotopic (exact) mass is 269 g/mol. The van der Waals surface area contributed by atoms with Crippen LogP contribution in [0.25, 0.3) is 0 Å². The molecule has 0 fully saturated rings. The molecule has 0 aromatic heterocycles. The number of nitro groups is 1. The third-order valence-electron chi connectivity index (χ3n) is 1.72. The van der Waals surface area contributed by atoms with Crippen LogP contribution in [-0.4, -0.2) is 15.8 Å². The second-order valence-corrected chi connectivity index (χ2v) is 4.56. The number of carbonyl (C=O) groups excluding carboxylic acids is 1. The Bertz CT molecular complexity index is 519. The zero-order valence-electron chi connectivity index (χ0n) is 8.90. The van der Waals surface area contributed by atoms with Crippen LogP contribution >= 0.6 is 23.4 Å². The maximum atomic E-state index is 10.6. The van der Waals surface area contributed by atoms with E-state index >= 15 is 0 Å². The van der Waals surface area contributed by atoms with Gasteiger partial charge in [-0.3, -0.25) is 14.9 Å². The van der Waals surface area contributed by atoms with Gasteiger partial charge in [-0.15, -0.1) is 0 Å². The summed E-state index contributed by atoms with van der Waals surface area (Å²) in [5.74, 6) is 5.85. The molecule has 1 rings (SSSR count). The molecular formula is C11H8ClNO3S. The fraction of sp³-hybridized carbons (Fsp3) is 0.182. The van der Waals surface area contributed by atoms with Gasteiger partial charge in [-0.25, -0.2) is 0 Å². The number of rotatable bonds is 2. The molecule has 0 atom stereocenters. The molecule has 17 heavy (non-hydrogen) atoms. The summed E-state index contributed by atoms with van der Waals surface area (Å²) in [5, 5.41) is 10.7. The summed E-state index contributed by atoms with van der Waals surface area (Å²) < 4.78 is 0. The van der Waals surface area contributed by atoms with Gasteiger partial charge in [0.25, 0.3) is 5.69 Å². The maximum absolute atomic E-state index is 10.6. The van der Waals surface area contributed by atoms with E-state index in [2.05, 4.69) is 11.8 Å². The van der Waals surface area contributed by atoms with E-state index in [-0.39, 0.29) is 15.8 Å². The molecule has 1 aromatic rings. The molecule has 0 radical (unpaired) electrons. The average Bonchev–Trinajstić information content (AvgIpc) is 2.25. The Morgan fingerprint density at radius 1 is 1.59 bits per heavy atom. The van der Waals surface area contributed by atoms with Gasteiger partial charge >= 0.3 is 0 Å². The highest BCUT2D eigenvalue weighted by molar-refractivity contribution is 8.13. The number of carbonyl (C=O) groups is 1. The third-order valence-corrected chi connectivity index (χ3v) is 2.74. The van der Waals surface area contributed by atoms with Gasteiger partial charge < -0.3 is 0 Å². The van der Waals surface area contributed by atoms with Crippen LogP contribution in [0, 0.1) is 22.0 Å². The SMILES string of the molecule is CC(=O)SCC#Cc1ccc(Cl)c([N+](=O)[O-])c1. The summed E-state index contributed by atoms with van der Waals surface area (Å²) in [6, 6.07) is 4.34. The fourth-order valence-electron chi connectivity index (χ4n) is 1.01. The summed E-state index contributed by atoms with van der Waals surface area (Å²) in [6.45, 7) is 1.46. The van der Waals surface area contributed by atoms with E-state index in [1.54, 1.807) is 6.07 Å². The summed E-state index contributed by atoms with van der Waals surface area (Å²) in [7, 11) is 0. The fourth-order valence-corrected chi connectivity index (χ4v) is 1.54. The Balaban J connectivity index is 2.82. The minimum Gasteiger partial charge on any atom is -0.288 e. The number of hydrogen-bond acceptors (Lipinski definition) is 4. The minimum atomic E-state index is -0.558. The van der Waals surface area contributed by atoms with Crippen molar-refractivity contribution in [2.75, 3.05) is 5.75 Å². The Morgan fingerprint density at radius 3 is 2.88 bits per heavy atom. The standard InChI is InChI=1S/C11H8ClNO3S/c1-8(14)17-6-2-3-9-4-5-10(12)11(7-9)13(15)16/h4-5,7H,6H2,1H3. The quantitative estimate of drug-likeness (QED) is 0.470. The molecule has 88 valence electrons. The first-order valence-electron chi connectivity index (χ1n) is 4.57. The Labute approximate surface area is 107 Å². The molecule has 0 aliphatic heterocycles. The van der Waals surface area contributed by atoms with Crippen molar-refractivity contribution in [3.05, 3.63) is 38.9 Å². The van der Waals surface area contributed by atoms with Gasteiger partial charge in [0.15, 0.2) is 5.12 Å². The van der Waals surface area contributed by atoms with Crippen LogP contribution in [0.4, 0.5) is 5.69 Å². The van der Waals surface area contributed by atoms with Crippen molar-refractivity contribution in [1.29, 1.82) is 0 Å². The van der Waals surface area contributed by atoms with Crippen LogP contribution in [0.3, 0.4) is 0 Å². The van der Waals surface area contributed by atoms with E-state index in [9.17, 15) is 14.9 Å². The van der Waals surface area contributed by atoms with Gasteiger partial charge in [0.05, 0.1) is 10.7 Å². The predicted octanol–water partition coefficient (Wildman–Crippen LogP) is 2.88. The molecule has 6 heteroatoms. The van der Waals surface area contributed by atoms with E-state index in [4.69, 9.17) is 11.6 Å². The van der Waals surface area contributed by atoms with E-state index in [1.165, 1.54) is 19.1 Å². The molecule has 0 saturated heterocycles. The van der Waals surface area contributed by atoms with E-state index in [1.807, 2.05) is 0 Å². The van der Waals surface area contributed by atoms with Crippen molar-refractivity contribution < 1.29 is 9.72 Å². The zero-order valence-corrected chi connectivity index (χ0v) is 10.5. The van der Waals surface area contributed by atoms with E-state index in [0.29, 0.717) is 11.3 Å². The highest BCUT2D eigenvalue weighted by Crippen LogP contribution is 2.24. The van der Waals surface area contributed by atoms with Crippen LogP contribution in [0.1, 0.15) is 12.5 Å². The molecule has 0 N–H and O–H groups in total. The maximum Gasteiger partial charge on any atom is 0.289 e. The lowest BCUT2D eigenvalue weighted by Gasteiger charge is -1.95. The molecule has 0 heterocycles. The largest absolute Gasteiger partial charge is 0.289 e. The Morgan fingerprint density at radius 2 is 2.29 bits per heavy atom. The summed E-state index contributed by atoms with van der Waals surface area (Å²) in [5.41, 5.74) is 0.336. The van der Waals surface area contributed by atoms with E-state index in [0.717, 1.165) is 11.8 Å². The smallest absolute Gasteiger partial charge is 0.288 e. The number of hydrogen-bond donors (Lipinski definition) is 0. The second kappa shape index (κ2) is 6.28. The van der Waals surface area contributed by atoms with Crippen molar-refractivity contribution in [3.8, 4) is 11.8 Å². The first kappa shape index (κ1) is 13.6. The summed E-state index contributed by atoms with van der Waals surface area (Å²) in [6.07, 6.45) is 0. The summed E-state index contributed by atoms with van der Waals surface area (Å²) in [4.78, 5) is 20.7. The average molecular weight is 270 g/mol. The second-order valence-electron chi connectivity index (χ2n) is 3.01. The van der Waals surface area contributed by atoms with Crippen molar-refractivity contribution in [2.24, 2.45) is 0 Å². The number of thioether (sulfide) groups is 1. The first-order chi connectivity index (χ1) is 8.00. The lowest BCUT2D eigenvalue weighted by Crippen LogP contribution is -1.90. The number of nitro benzene ring substituents is 1. The van der Waals surface area contributed by atoms with Crippen molar-refractivity contribution in [1.82, 2.24) is 0 Å². The van der Waals surface area contributed by atoms with Crippen molar-refractivity contribution >= 4 is 34.2 Å². The van der Waals surface area contributed by atoms with Gasteiger partial charge in [-0.2, -0.15) is 0 Å². The van der Waals surface area contributed by atoms with Crippen LogP contribution < -0.4 is 0 Å². The third kappa shape index (κ3) is 4.47. The molecule has 0 bridgehead atoms. The molecule has 0 saturated carbocycles. The van der Waals surface area contributed by atoms with Gasteiger partial charge in [0.2, 0.25) is 0 Å². The molecule has 0 spiro atoms. The lowest BCUT2D eigenvalue weighted by molar-refractivity contribution is -0.384. The summed E-state index contributed by atoms with van der Waals surface area (Å²) >= 11 is 6.75. The van der Waals surface area contributed by atoms with Crippen LogP contribution in [0.5, 0.6) is 0 Å². The van der Waals surface area contributed by atoms with Crippen molar-refractivity contribution in [3.63, 3.8) is 0 Å². The van der Waals surface area contributed by atoms with Gasteiger partial charge in [-0.1, -0.05) is 35.2 Å². The van der Waals surface area contributed by atoms with Crippen molar-refractivity contribution in [2.45, 2.75) is 6.92 Å². The van der Waals surface area contributed by atoms with E-state index < -0.39 is 4.92 Å². The first-order valence-corrected chi connectivity index (χ1v) is 5.93. The molecule has 4 nitrogen and oxygen atoms in total. The Hall–Kier alpha value is -1.51. The molecule has 0 aliphatic carbocycles. The van der Waals surface area contributed by atoms with Gasteiger partial charge in [0, 0.05) is 18.6 Å². The minimum absolute atomic E-state index is 0.0126. The van der Waals surface area contributed by atoms with Gasteiger partial charge in [-0.05, 0) is 12.1 Å². The predicted molar refractivity (Wildman–Crippen MR) is 68.1 cm³/mol. The molecule has 1 aromatic carbocycles. The topological polar surface area (TPSA) is 60.2 Å². The lowest BCUT2D eigenvalue weighted by atomic mass is 10.2. The molecular weight excluding hydrogens is 262 g/mol. The number of nitrogens with zero attached hydrogens (tertiary/aromatic N) is 1. The zero-order chi connectivity index (χ0) is 12.8. The normalized spacial score (nSPS) is 9.29.